The van der Waals surface area contributed by atoms with Crippen molar-refractivity contribution in [2.24, 2.45) is 0 Å². The Bertz CT molecular complexity index is 499. The molecule has 0 amide bonds. The van der Waals surface area contributed by atoms with E-state index in [1.807, 2.05) is 30.3 Å². The Morgan fingerprint density at radius 1 is 1.25 bits per heavy atom. The summed E-state index contributed by atoms with van der Waals surface area (Å²) in [6.07, 6.45) is 1.62. The van der Waals surface area contributed by atoms with Gasteiger partial charge in [-0.15, -0.1) is 0 Å². The maximum atomic E-state index is 5.62. The van der Waals surface area contributed by atoms with Gasteiger partial charge >= 0.3 is 0 Å². The number of nitrogens with one attached hydrogen (secondary N) is 1. The smallest absolute Gasteiger partial charge is 0.144 e. The van der Waals surface area contributed by atoms with E-state index in [2.05, 4.69) is 48.8 Å². The fraction of sp³-hybridized carbons (Fsp3) is 0. The third-order valence-electron chi connectivity index (χ3n) is 1.97. The number of rotatable bonds is 2. The second kappa shape index (κ2) is 5.01. The molecular formula is C11H9BrIN3. The second-order valence-electron chi connectivity index (χ2n) is 3.23. The zero-order chi connectivity index (χ0) is 11.5. The zero-order valence-electron chi connectivity index (χ0n) is 8.24. The van der Waals surface area contributed by atoms with Gasteiger partial charge in [0.15, 0.2) is 0 Å². The van der Waals surface area contributed by atoms with Gasteiger partial charge in [0, 0.05) is 9.26 Å². The number of nitrogens with zero attached hydrogens (tertiary/aromatic N) is 1. The molecule has 1 aromatic carbocycles. The first-order valence-electron chi connectivity index (χ1n) is 4.59. The summed E-state index contributed by atoms with van der Waals surface area (Å²) in [6, 6.07) is 9.91. The molecule has 2 aromatic rings. The third kappa shape index (κ3) is 2.85. The third-order valence-corrected chi connectivity index (χ3v) is 3.29. The van der Waals surface area contributed by atoms with E-state index in [0.717, 1.165) is 16.0 Å². The van der Waals surface area contributed by atoms with Crippen molar-refractivity contribution in [2.45, 2.75) is 0 Å². The van der Waals surface area contributed by atoms with E-state index in [9.17, 15) is 0 Å². The molecule has 0 fully saturated rings. The van der Waals surface area contributed by atoms with Crippen LogP contribution >= 0.6 is 38.5 Å². The molecule has 0 saturated carbocycles. The van der Waals surface area contributed by atoms with E-state index in [-0.39, 0.29) is 0 Å². The number of hydrogen-bond donors (Lipinski definition) is 2. The number of anilines is 3. The number of benzene rings is 1. The summed E-state index contributed by atoms with van der Waals surface area (Å²) >= 11 is 5.68. The first-order chi connectivity index (χ1) is 7.65. The molecule has 1 aromatic heterocycles. The summed E-state index contributed by atoms with van der Waals surface area (Å²) in [5, 5.41) is 3.21. The summed E-state index contributed by atoms with van der Waals surface area (Å²) in [7, 11) is 0. The van der Waals surface area contributed by atoms with Crippen molar-refractivity contribution in [2.75, 3.05) is 11.1 Å². The molecule has 0 spiro atoms. The van der Waals surface area contributed by atoms with Crippen LogP contribution in [0.4, 0.5) is 17.2 Å². The van der Waals surface area contributed by atoms with Gasteiger partial charge in [-0.1, -0.05) is 0 Å². The van der Waals surface area contributed by atoms with Gasteiger partial charge in [-0.05, 0) is 68.9 Å². The van der Waals surface area contributed by atoms with E-state index in [4.69, 9.17) is 5.73 Å². The number of nitrogens with two attached hydrogens (primary N) is 1. The molecule has 3 nitrogen and oxygen atoms in total. The summed E-state index contributed by atoms with van der Waals surface area (Å²) < 4.78 is 2.05. The largest absolute Gasteiger partial charge is 0.397 e. The van der Waals surface area contributed by atoms with Crippen LogP contribution in [0.1, 0.15) is 0 Å². The predicted octanol–water partition coefficient (Wildman–Crippen LogP) is 3.77. The first kappa shape index (κ1) is 11.7. The van der Waals surface area contributed by atoms with Crippen molar-refractivity contribution in [1.82, 2.24) is 4.98 Å². The summed E-state index contributed by atoms with van der Waals surface area (Å²) in [5.74, 6) is 0.760. The lowest BCUT2D eigenvalue weighted by molar-refractivity contribution is 1.29. The molecule has 3 N–H and O–H groups in total. The Morgan fingerprint density at radius 3 is 2.56 bits per heavy atom. The highest BCUT2D eigenvalue weighted by Gasteiger charge is 2.02. The molecule has 5 heteroatoms. The number of pyridine rings is 1. The predicted molar refractivity (Wildman–Crippen MR) is 78.8 cm³/mol. The molecule has 0 bridgehead atoms. The maximum Gasteiger partial charge on any atom is 0.144 e. The maximum absolute atomic E-state index is 5.62. The van der Waals surface area contributed by atoms with Gasteiger partial charge in [0.2, 0.25) is 0 Å². The van der Waals surface area contributed by atoms with Crippen molar-refractivity contribution in [1.29, 1.82) is 0 Å². The van der Waals surface area contributed by atoms with Crippen LogP contribution < -0.4 is 11.1 Å². The normalized spacial score (nSPS) is 10.1. The van der Waals surface area contributed by atoms with Gasteiger partial charge in [-0.2, -0.15) is 0 Å². The minimum absolute atomic E-state index is 0.639. The SMILES string of the molecule is Nc1cnc(Nc2ccc(I)cc2)c(Br)c1. The molecule has 82 valence electrons. The summed E-state index contributed by atoms with van der Waals surface area (Å²) in [4.78, 5) is 4.21. The van der Waals surface area contributed by atoms with Gasteiger partial charge in [-0.3, -0.25) is 0 Å². The molecule has 0 saturated heterocycles. The average molecular weight is 390 g/mol. The van der Waals surface area contributed by atoms with Crippen molar-refractivity contribution in [3.05, 3.63) is 44.6 Å². The van der Waals surface area contributed by atoms with E-state index in [1.54, 1.807) is 6.20 Å². The monoisotopic (exact) mass is 389 g/mol. The van der Waals surface area contributed by atoms with E-state index in [0.29, 0.717) is 5.69 Å². The lowest BCUT2D eigenvalue weighted by Crippen LogP contribution is -1.96. The van der Waals surface area contributed by atoms with Crippen LogP contribution in [0.3, 0.4) is 0 Å². The van der Waals surface area contributed by atoms with Crippen LogP contribution in [0, 0.1) is 3.57 Å². The molecule has 0 atom stereocenters. The molecule has 1 heterocycles. The quantitative estimate of drug-likeness (QED) is 0.768. The van der Waals surface area contributed by atoms with Crippen molar-refractivity contribution >= 4 is 55.7 Å². The van der Waals surface area contributed by atoms with Crippen LogP contribution in [0.15, 0.2) is 41.0 Å². The molecule has 0 unspecified atom stereocenters. The number of aromatic nitrogens is 1. The number of halogens is 2. The van der Waals surface area contributed by atoms with Crippen LogP contribution in [0.2, 0.25) is 0 Å². The van der Waals surface area contributed by atoms with Crippen molar-refractivity contribution in [3.8, 4) is 0 Å². The first-order valence-corrected chi connectivity index (χ1v) is 6.46. The van der Waals surface area contributed by atoms with Gasteiger partial charge in [0.1, 0.15) is 5.82 Å². The van der Waals surface area contributed by atoms with Crippen molar-refractivity contribution < 1.29 is 0 Å². The molecule has 0 aliphatic carbocycles. The van der Waals surface area contributed by atoms with Crippen molar-refractivity contribution in [3.63, 3.8) is 0 Å². The fourth-order valence-corrected chi connectivity index (χ4v) is 2.04. The highest BCUT2D eigenvalue weighted by molar-refractivity contribution is 14.1. The molecule has 0 aliphatic heterocycles. The fourth-order valence-electron chi connectivity index (χ4n) is 1.21. The van der Waals surface area contributed by atoms with Crippen LogP contribution in [0.25, 0.3) is 0 Å². The highest BCUT2D eigenvalue weighted by atomic mass is 127. The molecule has 0 radical (unpaired) electrons. The van der Waals surface area contributed by atoms with Crippen LogP contribution in [-0.2, 0) is 0 Å². The van der Waals surface area contributed by atoms with Gasteiger partial charge in [-0.25, -0.2) is 4.98 Å². The summed E-state index contributed by atoms with van der Waals surface area (Å²) in [5.41, 5.74) is 7.26. The van der Waals surface area contributed by atoms with Crippen LogP contribution in [0.5, 0.6) is 0 Å². The highest BCUT2D eigenvalue weighted by Crippen LogP contribution is 2.25. The topological polar surface area (TPSA) is 50.9 Å². The zero-order valence-corrected chi connectivity index (χ0v) is 12.0. The Kier molecular flexibility index (Phi) is 3.65. The molecule has 2 rings (SSSR count). The van der Waals surface area contributed by atoms with Gasteiger partial charge in [0.25, 0.3) is 0 Å². The molecular weight excluding hydrogens is 381 g/mol. The molecule has 16 heavy (non-hydrogen) atoms. The number of nitrogen functional groups attached to an aromatic ring is 1. The van der Waals surface area contributed by atoms with Crippen LogP contribution in [-0.4, -0.2) is 4.98 Å². The Hall–Kier alpha value is -0.820. The molecule has 0 aliphatic rings. The van der Waals surface area contributed by atoms with Gasteiger partial charge in [0.05, 0.1) is 16.4 Å². The summed E-state index contributed by atoms with van der Waals surface area (Å²) in [6.45, 7) is 0. The lowest BCUT2D eigenvalue weighted by Gasteiger charge is -2.07. The standard InChI is InChI=1S/C11H9BrIN3/c12-10-5-8(14)6-15-11(10)16-9-3-1-7(13)2-4-9/h1-6H,14H2,(H,15,16). The minimum Gasteiger partial charge on any atom is -0.397 e. The van der Waals surface area contributed by atoms with Gasteiger partial charge < -0.3 is 11.1 Å². The van der Waals surface area contributed by atoms with E-state index >= 15 is 0 Å². The second-order valence-corrected chi connectivity index (χ2v) is 5.33. The number of hydrogen-bond acceptors (Lipinski definition) is 3. The average Bonchev–Trinajstić information content (AvgIpc) is 2.25. The Morgan fingerprint density at radius 2 is 1.94 bits per heavy atom. The Labute approximate surface area is 116 Å². The Balaban J connectivity index is 2.23. The lowest BCUT2D eigenvalue weighted by atomic mass is 10.3. The van der Waals surface area contributed by atoms with E-state index < -0.39 is 0 Å². The minimum atomic E-state index is 0.639. The van der Waals surface area contributed by atoms with E-state index in [1.165, 1.54) is 3.57 Å².